The number of pyridine rings is 1. The molecule has 0 spiro atoms. The molecule has 4 bridgehead atoms. The van der Waals surface area contributed by atoms with E-state index in [1.807, 2.05) is 22.6 Å². The first-order chi connectivity index (χ1) is 14.6. The summed E-state index contributed by atoms with van der Waals surface area (Å²) in [5.74, 6) is 2.33. The second-order valence-corrected chi connectivity index (χ2v) is 10.0. The van der Waals surface area contributed by atoms with Crippen molar-refractivity contribution >= 4 is 33.3 Å². The van der Waals surface area contributed by atoms with Crippen molar-refractivity contribution in [3.8, 4) is 0 Å². The van der Waals surface area contributed by atoms with Gasteiger partial charge in [0.15, 0.2) is 5.52 Å². The summed E-state index contributed by atoms with van der Waals surface area (Å²) in [5, 5.41) is 2.22. The van der Waals surface area contributed by atoms with E-state index in [4.69, 9.17) is 4.74 Å². The summed E-state index contributed by atoms with van der Waals surface area (Å²) in [6.07, 6.45) is 12.6. The molecule has 4 fully saturated rings. The fourth-order valence-corrected chi connectivity index (χ4v) is 7.42. The van der Waals surface area contributed by atoms with Crippen molar-refractivity contribution in [1.29, 1.82) is 0 Å². The molecular weight excluding hydrogens is 410 g/mol. The van der Waals surface area contributed by atoms with Gasteiger partial charge in [-0.3, -0.25) is 0 Å². The van der Waals surface area contributed by atoms with Crippen LogP contribution in [-0.4, -0.2) is 22.5 Å². The van der Waals surface area contributed by atoms with Crippen molar-refractivity contribution in [2.75, 3.05) is 7.11 Å². The van der Waals surface area contributed by atoms with E-state index in [-0.39, 0.29) is 23.9 Å². The zero-order valence-electron chi connectivity index (χ0n) is 17.6. The number of hydrogen-bond acceptors (Lipinski definition) is 2. The SMILES string of the molecule is COC(=O)c1cc2c3ccccc3[nH]c2c2c[n+](C34CC5CC(CC(C5)C3)C4)cn12.[Cl-]. The lowest BCUT2D eigenvalue weighted by Gasteiger charge is -2.54. The van der Waals surface area contributed by atoms with E-state index in [0.29, 0.717) is 5.69 Å². The molecule has 0 aliphatic heterocycles. The van der Waals surface area contributed by atoms with Crippen LogP contribution in [0.25, 0.3) is 27.3 Å². The molecule has 4 aliphatic rings. The molecule has 3 aromatic heterocycles. The van der Waals surface area contributed by atoms with E-state index in [0.717, 1.165) is 45.1 Å². The number of para-hydroxylation sites is 1. The van der Waals surface area contributed by atoms with Gasteiger partial charge in [0.05, 0.1) is 12.6 Å². The third kappa shape index (κ3) is 2.56. The molecule has 8 rings (SSSR count). The first-order valence-corrected chi connectivity index (χ1v) is 11.2. The van der Waals surface area contributed by atoms with Gasteiger partial charge in [0.2, 0.25) is 12.0 Å². The molecular formula is C25H26ClN3O2. The van der Waals surface area contributed by atoms with Crippen LogP contribution in [0.5, 0.6) is 0 Å². The summed E-state index contributed by atoms with van der Waals surface area (Å²) in [7, 11) is 1.46. The Morgan fingerprint density at radius 2 is 1.77 bits per heavy atom. The summed E-state index contributed by atoms with van der Waals surface area (Å²) < 4.78 is 9.67. The van der Waals surface area contributed by atoms with E-state index < -0.39 is 0 Å². The molecule has 0 amide bonds. The Morgan fingerprint density at radius 3 is 2.45 bits per heavy atom. The summed E-state index contributed by atoms with van der Waals surface area (Å²) >= 11 is 0. The summed E-state index contributed by atoms with van der Waals surface area (Å²) in [6, 6.07) is 10.3. The Hall–Kier alpha value is -2.53. The highest BCUT2D eigenvalue weighted by atomic mass is 35.5. The highest BCUT2D eigenvalue weighted by Gasteiger charge is 2.54. The molecule has 5 nitrogen and oxygen atoms in total. The molecule has 0 saturated heterocycles. The van der Waals surface area contributed by atoms with Crippen molar-refractivity contribution in [3.05, 3.63) is 48.5 Å². The normalized spacial score (nSPS) is 29.0. The molecule has 0 unspecified atom stereocenters. The molecule has 0 atom stereocenters. The maximum Gasteiger partial charge on any atom is 0.378 e. The van der Waals surface area contributed by atoms with Crippen LogP contribution >= 0.6 is 0 Å². The topological polar surface area (TPSA) is 50.4 Å². The van der Waals surface area contributed by atoms with Gasteiger partial charge in [0, 0.05) is 22.4 Å². The number of aromatic nitrogens is 3. The van der Waals surface area contributed by atoms with Gasteiger partial charge in [-0.15, -0.1) is 0 Å². The Balaban J connectivity index is 0.00000185. The van der Waals surface area contributed by atoms with Crippen molar-refractivity contribution in [3.63, 3.8) is 0 Å². The van der Waals surface area contributed by atoms with Crippen molar-refractivity contribution in [2.24, 2.45) is 17.8 Å². The van der Waals surface area contributed by atoms with E-state index in [1.165, 1.54) is 45.6 Å². The fourth-order valence-electron chi connectivity index (χ4n) is 7.42. The Kier molecular flexibility index (Phi) is 4.01. The summed E-state index contributed by atoms with van der Waals surface area (Å²) in [4.78, 5) is 16.3. The zero-order chi connectivity index (χ0) is 20.0. The predicted molar refractivity (Wildman–Crippen MR) is 114 cm³/mol. The number of methoxy groups -OCH3 is 1. The number of carbonyl (C=O) groups is 1. The van der Waals surface area contributed by atoms with Crippen LogP contribution in [0.4, 0.5) is 0 Å². The lowest BCUT2D eigenvalue weighted by molar-refractivity contribution is -0.775. The molecule has 3 heterocycles. The van der Waals surface area contributed by atoms with Gasteiger partial charge in [0.1, 0.15) is 11.7 Å². The van der Waals surface area contributed by atoms with Crippen LogP contribution in [-0.2, 0) is 10.3 Å². The minimum absolute atomic E-state index is 0. The number of rotatable bonds is 2. The molecule has 1 aromatic carbocycles. The molecule has 160 valence electrons. The van der Waals surface area contributed by atoms with Crippen molar-refractivity contribution in [2.45, 2.75) is 44.1 Å². The number of aromatic amines is 1. The van der Waals surface area contributed by atoms with Gasteiger partial charge in [-0.05, 0) is 62.3 Å². The lowest BCUT2D eigenvalue weighted by Crippen LogP contribution is -3.00. The molecule has 4 saturated carbocycles. The maximum atomic E-state index is 12.7. The van der Waals surface area contributed by atoms with Crippen LogP contribution in [0.2, 0.25) is 0 Å². The summed E-state index contributed by atoms with van der Waals surface area (Å²) in [5.41, 5.74) is 4.05. The third-order valence-corrected chi connectivity index (χ3v) is 8.25. The standard InChI is InChI=1S/C25H25N3O2.ClH/c1-30-24(29)21-9-19-18-4-2-3-5-20(18)26-23(19)22-13-27(14-28(21)22)25-10-15-6-16(11-25)8-17(7-15)12-25;/h2-5,9,13-17H,6-8,10-12H2,1H3;1H. The number of nitrogens with zero attached hydrogens (tertiary/aromatic N) is 2. The highest BCUT2D eigenvalue weighted by Crippen LogP contribution is 2.57. The number of fused-ring (bicyclic) bond motifs is 5. The van der Waals surface area contributed by atoms with Crippen LogP contribution in [0.3, 0.4) is 0 Å². The Labute approximate surface area is 186 Å². The van der Waals surface area contributed by atoms with Gasteiger partial charge >= 0.3 is 5.97 Å². The van der Waals surface area contributed by atoms with Crippen molar-refractivity contribution < 1.29 is 26.5 Å². The van der Waals surface area contributed by atoms with Gasteiger partial charge in [-0.2, -0.15) is 4.40 Å². The number of halogens is 1. The minimum atomic E-state index is -0.291. The van der Waals surface area contributed by atoms with Gasteiger partial charge in [-0.25, -0.2) is 9.36 Å². The fraction of sp³-hybridized carbons (Fsp3) is 0.440. The molecule has 6 heteroatoms. The number of imidazole rings is 1. The van der Waals surface area contributed by atoms with E-state index in [1.54, 1.807) is 0 Å². The van der Waals surface area contributed by atoms with Crippen LogP contribution in [0.1, 0.15) is 49.0 Å². The quantitative estimate of drug-likeness (QED) is 0.384. The molecule has 31 heavy (non-hydrogen) atoms. The van der Waals surface area contributed by atoms with Crippen molar-refractivity contribution in [1.82, 2.24) is 9.38 Å². The molecule has 4 aromatic rings. The summed E-state index contributed by atoms with van der Waals surface area (Å²) in [6.45, 7) is 0. The number of ether oxygens (including phenoxy) is 1. The number of carbonyl (C=O) groups excluding carboxylic acids is 1. The smallest absolute Gasteiger partial charge is 0.378 e. The van der Waals surface area contributed by atoms with E-state index >= 15 is 0 Å². The molecule has 4 aliphatic carbocycles. The van der Waals surface area contributed by atoms with E-state index in [2.05, 4.69) is 34.2 Å². The van der Waals surface area contributed by atoms with Crippen LogP contribution in [0, 0.1) is 17.8 Å². The number of nitrogens with one attached hydrogen (secondary N) is 1. The predicted octanol–water partition coefficient (Wildman–Crippen LogP) is 1.58. The first kappa shape index (κ1) is 19.2. The largest absolute Gasteiger partial charge is 1.00 e. The third-order valence-electron chi connectivity index (χ3n) is 8.25. The average molecular weight is 436 g/mol. The number of hydrogen-bond donors (Lipinski definition) is 1. The highest BCUT2D eigenvalue weighted by molar-refractivity contribution is 6.13. The lowest BCUT2D eigenvalue weighted by atomic mass is 9.53. The monoisotopic (exact) mass is 435 g/mol. The average Bonchev–Trinajstić information content (AvgIpc) is 3.34. The van der Waals surface area contributed by atoms with Gasteiger partial charge < -0.3 is 22.1 Å². The number of benzene rings is 1. The molecule has 0 radical (unpaired) electrons. The van der Waals surface area contributed by atoms with Gasteiger partial charge in [0.25, 0.3) is 0 Å². The number of esters is 1. The van der Waals surface area contributed by atoms with Crippen LogP contribution in [0.15, 0.2) is 42.9 Å². The number of H-pyrrole nitrogens is 1. The second-order valence-electron chi connectivity index (χ2n) is 10.0. The zero-order valence-corrected chi connectivity index (χ0v) is 18.4. The van der Waals surface area contributed by atoms with Gasteiger partial charge in [-0.1, -0.05) is 18.2 Å². The second kappa shape index (κ2) is 6.49. The Morgan fingerprint density at radius 1 is 1.10 bits per heavy atom. The Bertz CT molecular complexity index is 1320. The first-order valence-electron chi connectivity index (χ1n) is 11.2. The minimum Gasteiger partial charge on any atom is -1.00 e. The van der Waals surface area contributed by atoms with Crippen LogP contribution < -0.4 is 17.0 Å². The van der Waals surface area contributed by atoms with E-state index in [9.17, 15) is 4.79 Å². The molecule has 1 N–H and O–H groups in total. The maximum absolute atomic E-state index is 12.7.